The Bertz CT molecular complexity index is 904. The van der Waals surface area contributed by atoms with Gasteiger partial charge in [0.05, 0.1) is 13.2 Å². The topological polar surface area (TPSA) is 76.7 Å². The molecule has 0 aliphatic rings. The zero-order chi connectivity index (χ0) is 27.6. The summed E-state index contributed by atoms with van der Waals surface area (Å²) in [5.41, 5.74) is 2.64. The van der Waals surface area contributed by atoms with E-state index in [0.29, 0.717) is 38.1 Å². The van der Waals surface area contributed by atoms with Crippen LogP contribution in [-0.2, 0) is 9.59 Å². The molecule has 0 saturated carbocycles. The van der Waals surface area contributed by atoms with Gasteiger partial charge in [-0.3, -0.25) is 9.59 Å². The van der Waals surface area contributed by atoms with E-state index < -0.39 is 0 Å². The molecule has 2 aromatic rings. The summed E-state index contributed by atoms with van der Waals surface area (Å²) in [6.45, 7) is 13.9. The van der Waals surface area contributed by atoms with Gasteiger partial charge in [-0.15, -0.1) is 0 Å². The zero-order valence-corrected chi connectivity index (χ0v) is 23.0. The first-order valence-corrected chi connectivity index (χ1v) is 13.8. The van der Waals surface area contributed by atoms with Crippen LogP contribution < -0.4 is 20.1 Å². The number of unbranched alkanes of at least 4 members (excludes halogenated alkanes) is 2. The van der Waals surface area contributed by atoms with E-state index in [9.17, 15) is 9.59 Å². The van der Waals surface area contributed by atoms with E-state index in [4.69, 9.17) is 9.47 Å². The normalized spacial score (nSPS) is 12.2. The summed E-state index contributed by atoms with van der Waals surface area (Å²) in [7, 11) is 0. The third-order valence-corrected chi connectivity index (χ3v) is 6.63. The third kappa shape index (κ3) is 10.8. The Labute approximate surface area is 228 Å². The number of nitrogens with one attached hydrogen (secondary N) is 2. The van der Waals surface area contributed by atoms with Gasteiger partial charge < -0.3 is 20.1 Å². The van der Waals surface area contributed by atoms with E-state index in [1.54, 1.807) is 0 Å². The molecule has 2 atom stereocenters. The van der Waals surface area contributed by atoms with Gasteiger partial charge in [0.25, 0.3) is 0 Å². The third-order valence-electron chi connectivity index (χ3n) is 6.63. The molecule has 0 aliphatic heterocycles. The molecule has 2 rings (SSSR count). The average molecular weight is 521 g/mol. The van der Waals surface area contributed by atoms with Crippen molar-refractivity contribution in [1.82, 2.24) is 10.6 Å². The quantitative estimate of drug-likeness (QED) is 0.168. The summed E-state index contributed by atoms with van der Waals surface area (Å²) in [6.07, 6.45) is 8.17. The van der Waals surface area contributed by atoms with Gasteiger partial charge in [-0.1, -0.05) is 51.3 Å². The SMILES string of the molecule is C=CC(=O)NCCCCOc1ccc(C(CC)C(CC)c2ccc(OCCCCNC(=O)C=C)cc2)cc1. The maximum Gasteiger partial charge on any atom is 0.243 e. The summed E-state index contributed by atoms with van der Waals surface area (Å²) in [4.78, 5) is 22.3. The molecule has 2 amide bonds. The minimum absolute atomic E-state index is 0.138. The lowest BCUT2D eigenvalue weighted by molar-refractivity contribution is -0.117. The predicted octanol–water partition coefficient (Wildman–Crippen LogP) is 6.30. The van der Waals surface area contributed by atoms with Crippen molar-refractivity contribution >= 4 is 11.8 Å². The Morgan fingerprint density at radius 2 is 1.05 bits per heavy atom. The molecule has 6 nitrogen and oxygen atoms in total. The van der Waals surface area contributed by atoms with Gasteiger partial charge in [-0.25, -0.2) is 0 Å². The Hall–Kier alpha value is -3.54. The first-order chi connectivity index (χ1) is 18.5. The number of ether oxygens (including phenoxy) is 2. The maximum atomic E-state index is 11.2. The average Bonchev–Trinajstić information content (AvgIpc) is 2.95. The monoisotopic (exact) mass is 520 g/mol. The molecule has 2 N–H and O–H groups in total. The van der Waals surface area contributed by atoms with Gasteiger partial charge >= 0.3 is 0 Å². The predicted molar refractivity (Wildman–Crippen MR) is 155 cm³/mol. The van der Waals surface area contributed by atoms with Crippen LogP contribution >= 0.6 is 0 Å². The Balaban J connectivity index is 1.83. The molecule has 0 heterocycles. The van der Waals surface area contributed by atoms with Gasteiger partial charge in [0.15, 0.2) is 0 Å². The molecular formula is C32H44N2O4. The van der Waals surface area contributed by atoms with E-state index in [0.717, 1.165) is 50.0 Å². The Morgan fingerprint density at radius 1 is 0.684 bits per heavy atom. The van der Waals surface area contributed by atoms with Crippen molar-refractivity contribution in [2.75, 3.05) is 26.3 Å². The van der Waals surface area contributed by atoms with Crippen molar-refractivity contribution in [2.24, 2.45) is 0 Å². The number of hydrogen-bond acceptors (Lipinski definition) is 4. The van der Waals surface area contributed by atoms with Crippen molar-refractivity contribution in [2.45, 2.75) is 64.2 Å². The van der Waals surface area contributed by atoms with E-state index in [-0.39, 0.29) is 11.8 Å². The molecule has 2 aromatic carbocycles. The summed E-state index contributed by atoms with van der Waals surface area (Å²) in [5.74, 6) is 2.30. The zero-order valence-electron chi connectivity index (χ0n) is 23.0. The van der Waals surface area contributed by atoms with Gasteiger partial charge in [-0.2, -0.15) is 0 Å². The van der Waals surface area contributed by atoms with Crippen molar-refractivity contribution in [3.05, 3.63) is 85.0 Å². The summed E-state index contributed by atoms with van der Waals surface area (Å²) < 4.78 is 11.8. The molecule has 206 valence electrons. The maximum absolute atomic E-state index is 11.2. The highest BCUT2D eigenvalue weighted by atomic mass is 16.5. The van der Waals surface area contributed by atoms with E-state index >= 15 is 0 Å². The summed E-state index contributed by atoms with van der Waals surface area (Å²) in [5, 5.41) is 5.55. The van der Waals surface area contributed by atoms with Crippen LogP contribution in [0.1, 0.15) is 75.3 Å². The molecule has 0 bridgehead atoms. The molecule has 0 saturated heterocycles. The van der Waals surface area contributed by atoms with Crippen molar-refractivity contribution in [3.63, 3.8) is 0 Å². The van der Waals surface area contributed by atoms with E-state index in [1.807, 2.05) is 0 Å². The standard InChI is InChI=1S/C32H44N2O4/c1-5-29(25-13-17-27(18-14-25)37-23-11-9-21-33-31(35)7-3)30(6-2)26-15-19-28(20-16-26)38-24-12-10-22-34-32(36)8-4/h7-8,13-20,29-30H,3-6,9-12,21-24H2,1-2H3,(H,33,35)(H,34,36). The van der Waals surface area contributed by atoms with Crippen LogP contribution in [0.2, 0.25) is 0 Å². The van der Waals surface area contributed by atoms with Gasteiger partial charge in [0.1, 0.15) is 11.5 Å². The number of amides is 2. The second-order valence-electron chi connectivity index (χ2n) is 9.27. The first-order valence-electron chi connectivity index (χ1n) is 13.8. The number of hydrogen-bond donors (Lipinski definition) is 2. The minimum Gasteiger partial charge on any atom is -0.494 e. The van der Waals surface area contributed by atoms with Crippen molar-refractivity contribution in [3.8, 4) is 11.5 Å². The highest BCUT2D eigenvalue weighted by Crippen LogP contribution is 2.39. The van der Waals surface area contributed by atoms with Crippen molar-refractivity contribution < 1.29 is 19.1 Å². The van der Waals surface area contributed by atoms with E-state index in [1.165, 1.54) is 23.3 Å². The number of carbonyl (C=O) groups is 2. The lowest BCUT2D eigenvalue weighted by Crippen LogP contribution is -2.22. The number of carbonyl (C=O) groups excluding carboxylic acids is 2. The Morgan fingerprint density at radius 3 is 1.37 bits per heavy atom. The lowest BCUT2D eigenvalue weighted by Gasteiger charge is -2.26. The second kappa shape index (κ2) is 17.8. The number of benzene rings is 2. The molecule has 0 spiro atoms. The minimum atomic E-state index is -0.138. The molecule has 38 heavy (non-hydrogen) atoms. The smallest absolute Gasteiger partial charge is 0.243 e. The highest BCUT2D eigenvalue weighted by molar-refractivity contribution is 5.87. The van der Waals surface area contributed by atoms with Crippen LogP contribution in [0.5, 0.6) is 11.5 Å². The molecule has 0 aliphatic carbocycles. The fourth-order valence-corrected chi connectivity index (χ4v) is 4.53. The molecule has 0 aromatic heterocycles. The van der Waals surface area contributed by atoms with Gasteiger partial charge in [0, 0.05) is 13.1 Å². The molecule has 0 fully saturated rings. The van der Waals surface area contributed by atoms with E-state index in [2.05, 4.69) is 86.2 Å². The molecule has 6 heteroatoms. The van der Waals surface area contributed by atoms with Crippen LogP contribution in [0.15, 0.2) is 73.8 Å². The van der Waals surface area contributed by atoms with Crippen LogP contribution in [0.3, 0.4) is 0 Å². The fraction of sp³-hybridized carbons (Fsp3) is 0.438. The largest absolute Gasteiger partial charge is 0.494 e. The molecule has 0 radical (unpaired) electrons. The first kappa shape index (κ1) is 30.7. The molecular weight excluding hydrogens is 476 g/mol. The fourth-order valence-electron chi connectivity index (χ4n) is 4.53. The highest BCUT2D eigenvalue weighted by Gasteiger charge is 2.22. The van der Waals surface area contributed by atoms with Gasteiger partial charge in [-0.05, 0) is 97.9 Å². The van der Waals surface area contributed by atoms with Crippen LogP contribution in [-0.4, -0.2) is 38.1 Å². The van der Waals surface area contributed by atoms with Crippen LogP contribution in [0.4, 0.5) is 0 Å². The van der Waals surface area contributed by atoms with Gasteiger partial charge in [0.2, 0.25) is 11.8 Å². The lowest BCUT2D eigenvalue weighted by atomic mass is 9.78. The second-order valence-corrected chi connectivity index (χ2v) is 9.27. The van der Waals surface area contributed by atoms with Crippen LogP contribution in [0.25, 0.3) is 0 Å². The number of rotatable bonds is 19. The summed E-state index contributed by atoms with van der Waals surface area (Å²) >= 11 is 0. The summed E-state index contributed by atoms with van der Waals surface area (Å²) in [6, 6.07) is 17.0. The van der Waals surface area contributed by atoms with Crippen molar-refractivity contribution in [1.29, 1.82) is 0 Å². The van der Waals surface area contributed by atoms with Crippen LogP contribution in [0, 0.1) is 0 Å². The Kier molecular flexibility index (Phi) is 14.4. The molecule has 2 unspecified atom stereocenters.